The molecule has 6 nitrogen and oxygen atoms in total. The van der Waals surface area contributed by atoms with E-state index in [4.69, 9.17) is 25.8 Å². The molecule has 2 aliphatic heterocycles. The highest BCUT2D eigenvalue weighted by Gasteiger charge is 2.53. The van der Waals surface area contributed by atoms with Gasteiger partial charge in [-0.3, -0.25) is 9.59 Å². The molecule has 184 valence electrons. The SMILES string of the molecule is COc1ccc(CCN2C(=O)C3=C(C(=O)C4CC(Cl)CCC4O3)C2c2ccccc2F)cc1OC. The topological polar surface area (TPSA) is 65.1 Å². The summed E-state index contributed by atoms with van der Waals surface area (Å²) in [5, 5.41) is -0.115. The van der Waals surface area contributed by atoms with Gasteiger partial charge in [-0.25, -0.2) is 4.39 Å². The Labute approximate surface area is 208 Å². The maximum atomic E-state index is 15.0. The largest absolute Gasteiger partial charge is 0.493 e. The number of hydrogen-bond acceptors (Lipinski definition) is 5. The van der Waals surface area contributed by atoms with Crippen LogP contribution >= 0.6 is 11.6 Å². The van der Waals surface area contributed by atoms with E-state index < -0.39 is 17.8 Å². The number of halogens is 2. The molecule has 0 bridgehead atoms. The van der Waals surface area contributed by atoms with Crippen LogP contribution in [0.3, 0.4) is 0 Å². The van der Waals surface area contributed by atoms with E-state index in [1.54, 1.807) is 43.4 Å². The Morgan fingerprint density at radius 1 is 1.09 bits per heavy atom. The molecule has 1 aliphatic carbocycles. The Morgan fingerprint density at radius 2 is 1.86 bits per heavy atom. The van der Waals surface area contributed by atoms with Gasteiger partial charge in [-0.2, -0.15) is 0 Å². The van der Waals surface area contributed by atoms with E-state index in [2.05, 4.69) is 0 Å². The van der Waals surface area contributed by atoms with Gasteiger partial charge < -0.3 is 19.1 Å². The van der Waals surface area contributed by atoms with Crippen molar-refractivity contribution in [1.29, 1.82) is 0 Å². The molecule has 3 aliphatic rings. The number of ketones is 1. The number of nitrogens with zero attached hydrogens (tertiary/aromatic N) is 1. The van der Waals surface area contributed by atoms with Crippen molar-refractivity contribution >= 4 is 23.3 Å². The van der Waals surface area contributed by atoms with E-state index in [0.717, 1.165) is 12.0 Å². The summed E-state index contributed by atoms with van der Waals surface area (Å²) in [6, 6.07) is 11.0. The van der Waals surface area contributed by atoms with Crippen LogP contribution in [0.2, 0.25) is 0 Å². The number of rotatable bonds is 6. The lowest BCUT2D eigenvalue weighted by Gasteiger charge is -2.37. The molecule has 35 heavy (non-hydrogen) atoms. The Morgan fingerprint density at radius 3 is 2.60 bits per heavy atom. The molecule has 0 spiro atoms. The van der Waals surface area contributed by atoms with Gasteiger partial charge in [0.25, 0.3) is 5.91 Å². The van der Waals surface area contributed by atoms with Gasteiger partial charge in [-0.15, -0.1) is 11.6 Å². The van der Waals surface area contributed by atoms with E-state index in [-0.39, 0.29) is 46.6 Å². The predicted octanol–water partition coefficient (Wildman–Crippen LogP) is 4.60. The Balaban J connectivity index is 1.49. The fraction of sp³-hybridized carbons (Fsp3) is 0.407. The van der Waals surface area contributed by atoms with E-state index in [1.807, 2.05) is 12.1 Å². The predicted molar refractivity (Wildman–Crippen MR) is 128 cm³/mol. The molecule has 2 aromatic carbocycles. The summed E-state index contributed by atoms with van der Waals surface area (Å²) in [5.41, 5.74) is 1.45. The van der Waals surface area contributed by atoms with Crippen molar-refractivity contribution in [2.24, 2.45) is 5.92 Å². The number of alkyl halides is 1. The van der Waals surface area contributed by atoms with Gasteiger partial charge in [-0.05, 0) is 49.4 Å². The number of ether oxygens (including phenoxy) is 3. The number of carbonyl (C=O) groups excluding carboxylic acids is 2. The Hall–Kier alpha value is -3.06. The third kappa shape index (κ3) is 4.16. The van der Waals surface area contributed by atoms with Crippen LogP contribution in [0.1, 0.15) is 36.4 Å². The summed E-state index contributed by atoms with van der Waals surface area (Å²) >= 11 is 6.36. The lowest BCUT2D eigenvalue weighted by Crippen LogP contribution is -2.42. The van der Waals surface area contributed by atoms with Gasteiger partial charge in [0.2, 0.25) is 0 Å². The molecule has 2 aromatic rings. The molecule has 1 amide bonds. The van der Waals surface area contributed by atoms with E-state index >= 15 is 4.39 Å². The first kappa shape index (κ1) is 23.7. The molecular formula is C27H27ClFNO5. The minimum atomic E-state index is -0.844. The molecule has 0 radical (unpaired) electrons. The molecule has 1 fully saturated rings. The van der Waals surface area contributed by atoms with Gasteiger partial charge in [0, 0.05) is 17.5 Å². The number of hydrogen-bond donors (Lipinski definition) is 0. The third-order valence-corrected chi connectivity index (χ3v) is 7.56. The Kier molecular flexibility index (Phi) is 6.45. The summed E-state index contributed by atoms with van der Waals surface area (Å²) in [4.78, 5) is 28.8. The van der Waals surface area contributed by atoms with Crippen LogP contribution in [-0.2, 0) is 20.7 Å². The highest BCUT2D eigenvalue weighted by molar-refractivity contribution is 6.21. The quantitative estimate of drug-likeness (QED) is 0.544. The van der Waals surface area contributed by atoms with Gasteiger partial charge in [0.1, 0.15) is 11.9 Å². The maximum Gasteiger partial charge on any atom is 0.290 e. The Bertz CT molecular complexity index is 1200. The minimum Gasteiger partial charge on any atom is -0.493 e. The molecule has 0 aromatic heterocycles. The fourth-order valence-electron chi connectivity index (χ4n) is 5.40. The highest BCUT2D eigenvalue weighted by Crippen LogP contribution is 2.47. The monoisotopic (exact) mass is 499 g/mol. The van der Waals surface area contributed by atoms with E-state index in [1.165, 1.54) is 6.07 Å². The number of methoxy groups -OCH3 is 2. The third-order valence-electron chi connectivity index (χ3n) is 7.17. The van der Waals surface area contributed by atoms with Crippen molar-refractivity contribution in [1.82, 2.24) is 4.90 Å². The zero-order valence-electron chi connectivity index (χ0n) is 19.6. The second-order valence-electron chi connectivity index (χ2n) is 9.14. The van der Waals surface area contributed by atoms with Crippen LogP contribution < -0.4 is 9.47 Å². The van der Waals surface area contributed by atoms with Crippen molar-refractivity contribution in [2.45, 2.75) is 43.2 Å². The molecule has 1 saturated carbocycles. The molecule has 4 unspecified atom stereocenters. The van der Waals surface area contributed by atoms with Crippen LogP contribution in [0.4, 0.5) is 4.39 Å². The van der Waals surface area contributed by atoms with Gasteiger partial charge >= 0.3 is 0 Å². The number of fused-ring (bicyclic) bond motifs is 1. The standard InChI is InChI=1S/C27H27ClFNO5/c1-33-21-9-7-15(13-22(21)34-2)11-12-30-24(17-5-3-4-6-19(17)29)23-25(31)18-14-16(28)8-10-20(18)35-26(23)27(30)32/h3-7,9,13,16,18,20,24H,8,10-12,14H2,1-2H3. The normalized spacial score (nSPS) is 25.8. The fourth-order valence-corrected chi connectivity index (χ4v) is 5.72. The minimum absolute atomic E-state index is 0.0600. The smallest absolute Gasteiger partial charge is 0.290 e. The molecule has 8 heteroatoms. The number of benzene rings is 2. The van der Waals surface area contributed by atoms with Crippen LogP contribution in [0.15, 0.2) is 53.8 Å². The second-order valence-corrected chi connectivity index (χ2v) is 9.76. The molecule has 2 heterocycles. The second kappa shape index (κ2) is 9.53. The van der Waals surface area contributed by atoms with Crippen LogP contribution in [0.25, 0.3) is 0 Å². The summed E-state index contributed by atoms with van der Waals surface area (Å²) in [5.74, 6) is -0.176. The van der Waals surface area contributed by atoms with E-state index in [9.17, 15) is 9.59 Å². The van der Waals surface area contributed by atoms with Crippen LogP contribution in [0, 0.1) is 11.7 Å². The zero-order chi connectivity index (χ0) is 24.7. The van der Waals surface area contributed by atoms with Crippen molar-refractivity contribution < 1.29 is 28.2 Å². The van der Waals surface area contributed by atoms with Gasteiger partial charge in [0.05, 0.1) is 31.8 Å². The molecule has 0 saturated heterocycles. The lowest BCUT2D eigenvalue weighted by molar-refractivity contribution is -0.135. The first-order chi connectivity index (χ1) is 16.9. The average molecular weight is 500 g/mol. The number of Topliss-reactive ketones (excluding diaryl/α,β-unsaturated/α-hetero) is 1. The average Bonchev–Trinajstić information content (AvgIpc) is 3.14. The van der Waals surface area contributed by atoms with Crippen LogP contribution in [-0.4, -0.2) is 48.8 Å². The van der Waals surface area contributed by atoms with E-state index in [0.29, 0.717) is 30.8 Å². The van der Waals surface area contributed by atoms with Gasteiger partial charge in [0.15, 0.2) is 23.0 Å². The number of carbonyl (C=O) groups is 2. The lowest BCUT2D eigenvalue weighted by atomic mass is 9.77. The summed E-state index contributed by atoms with van der Waals surface area (Å²) in [6.07, 6.45) is 1.94. The van der Waals surface area contributed by atoms with Gasteiger partial charge in [-0.1, -0.05) is 24.3 Å². The first-order valence-corrected chi connectivity index (χ1v) is 12.2. The summed E-state index contributed by atoms with van der Waals surface area (Å²) in [6.45, 7) is 0.268. The molecular weight excluding hydrogens is 473 g/mol. The van der Waals surface area contributed by atoms with Crippen LogP contribution in [0.5, 0.6) is 11.5 Å². The molecule has 5 rings (SSSR count). The van der Waals surface area contributed by atoms with Crippen molar-refractivity contribution in [3.63, 3.8) is 0 Å². The number of amides is 1. The summed E-state index contributed by atoms with van der Waals surface area (Å²) < 4.78 is 31.8. The maximum absolute atomic E-state index is 15.0. The first-order valence-electron chi connectivity index (χ1n) is 11.8. The molecule has 0 N–H and O–H groups in total. The molecule has 4 atom stereocenters. The van der Waals surface area contributed by atoms with Crippen molar-refractivity contribution in [2.75, 3.05) is 20.8 Å². The zero-order valence-corrected chi connectivity index (χ0v) is 20.4. The van der Waals surface area contributed by atoms with Crippen molar-refractivity contribution in [3.05, 3.63) is 70.7 Å². The summed E-state index contributed by atoms with van der Waals surface area (Å²) in [7, 11) is 3.13. The highest BCUT2D eigenvalue weighted by atomic mass is 35.5. The van der Waals surface area contributed by atoms with Crippen molar-refractivity contribution in [3.8, 4) is 11.5 Å².